The third-order valence-corrected chi connectivity index (χ3v) is 5.94. The zero-order valence-corrected chi connectivity index (χ0v) is 22.1. The van der Waals surface area contributed by atoms with E-state index in [1.165, 1.54) is 7.11 Å². The second kappa shape index (κ2) is 13.9. The minimum Gasteiger partial charge on any atom is -0.494 e. The van der Waals surface area contributed by atoms with Gasteiger partial charge in [-0.1, -0.05) is 6.07 Å². The van der Waals surface area contributed by atoms with E-state index in [1.807, 2.05) is 6.07 Å². The third-order valence-electron chi connectivity index (χ3n) is 5.94. The van der Waals surface area contributed by atoms with Crippen LogP contribution in [0.3, 0.4) is 0 Å². The molecular weight excluding hydrogens is 540 g/mol. The molecule has 2 saturated heterocycles. The first-order chi connectivity index (χ1) is 15.4. The molecule has 1 unspecified atom stereocenters. The maximum absolute atomic E-state index is 14.0. The van der Waals surface area contributed by atoms with Gasteiger partial charge in [0.2, 0.25) is 5.91 Å². The summed E-state index contributed by atoms with van der Waals surface area (Å²) in [7, 11) is 4.93. The van der Waals surface area contributed by atoms with Crippen LogP contribution in [0.25, 0.3) is 0 Å². The lowest BCUT2D eigenvalue weighted by Gasteiger charge is -2.33. The standard InChI is InChI=1S/C23H36FN5O3.HI/c1-28(2)22(30)15-26-23(25-14-19-5-4-12-32-19)27-18-8-10-29(11-9-18)16-17-6-7-21(31-3)20(24)13-17;/h6-7,13,18-19H,4-5,8-12,14-16H2,1-3H3,(H2,25,26,27);1H. The number of methoxy groups -OCH3 is 1. The van der Waals surface area contributed by atoms with Crippen LogP contribution in [0, 0.1) is 5.82 Å². The van der Waals surface area contributed by atoms with Crippen LogP contribution in [0.15, 0.2) is 23.2 Å². The topological polar surface area (TPSA) is 78.4 Å². The Morgan fingerprint density at radius 1 is 1.30 bits per heavy atom. The van der Waals surface area contributed by atoms with E-state index in [-0.39, 0.29) is 60.1 Å². The van der Waals surface area contributed by atoms with Crippen molar-refractivity contribution in [3.05, 3.63) is 29.6 Å². The molecular formula is C23H37FIN5O3. The number of nitrogens with one attached hydrogen (secondary N) is 2. The van der Waals surface area contributed by atoms with Crippen molar-refractivity contribution in [2.75, 3.05) is 54.0 Å². The molecule has 0 aromatic heterocycles. The Kier molecular flexibility index (Phi) is 11.6. The second-order valence-electron chi connectivity index (χ2n) is 8.63. The predicted octanol–water partition coefficient (Wildman–Crippen LogP) is 2.22. The van der Waals surface area contributed by atoms with E-state index in [1.54, 1.807) is 31.1 Å². The number of amides is 1. The minimum absolute atomic E-state index is 0. The van der Waals surface area contributed by atoms with Crippen LogP contribution in [-0.4, -0.2) is 87.8 Å². The number of hydrogen-bond donors (Lipinski definition) is 2. The van der Waals surface area contributed by atoms with Crippen molar-refractivity contribution in [1.82, 2.24) is 20.4 Å². The number of rotatable bonds is 8. The lowest BCUT2D eigenvalue weighted by atomic mass is 10.0. The van der Waals surface area contributed by atoms with Gasteiger partial charge in [0.1, 0.15) is 6.54 Å². The summed E-state index contributed by atoms with van der Waals surface area (Å²) in [5.41, 5.74) is 0.942. The summed E-state index contributed by atoms with van der Waals surface area (Å²) in [4.78, 5) is 20.3. The van der Waals surface area contributed by atoms with E-state index in [4.69, 9.17) is 9.47 Å². The van der Waals surface area contributed by atoms with Crippen molar-refractivity contribution in [2.24, 2.45) is 4.99 Å². The monoisotopic (exact) mass is 577 g/mol. The maximum atomic E-state index is 14.0. The van der Waals surface area contributed by atoms with E-state index in [0.29, 0.717) is 19.0 Å². The molecule has 2 aliphatic heterocycles. The molecule has 2 fully saturated rings. The number of aliphatic imine (C=N–C) groups is 1. The average molecular weight is 577 g/mol. The summed E-state index contributed by atoms with van der Waals surface area (Å²) in [6, 6.07) is 5.40. The molecule has 1 atom stereocenters. The molecule has 1 aromatic carbocycles. The van der Waals surface area contributed by atoms with E-state index in [2.05, 4.69) is 20.5 Å². The molecule has 2 N–H and O–H groups in total. The number of carbonyl (C=O) groups is 1. The Bertz CT molecular complexity index is 781. The minimum atomic E-state index is -0.327. The fourth-order valence-electron chi connectivity index (χ4n) is 3.95. The number of hydrogen-bond acceptors (Lipinski definition) is 5. The van der Waals surface area contributed by atoms with Gasteiger partial charge in [0.15, 0.2) is 17.5 Å². The maximum Gasteiger partial charge on any atom is 0.243 e. The van der Waals surface area contributed by atoms with Gasteiger partial charge in [0, 0.05) is 52.9 Å². The van der Waals surface area contributed by atoms with Crippen LogP contribution < -0.4 is 15.4 Å². The summed E-state index contributed by atoms with van der Waals surface area (Å²) in [6.45, 7) is 4.12. The van der Waals surface area contributed by atoms with E-state index >= 15 is 0 Å². The first-order valence-corrected chi connectivity index (χ1v) is 11.4. The number of guanidine groups is 1. The van der Waals surface area contributed by atoms with Gasteiger partial charge in [-0.05, 0) is 43.4 Å². The number of ether oxygens (including phenoxy) is 2. The lowest BCUT2D eigenvalue weighted by molar-refractivity contribution is -0.127. The van der Waals surface area contributed by atoms with Crippen LogP contribution >= 0.6 is 24.0 Å². The van der Waals surface area contributed by atoms with Gasteiger partial charge in [-0.3, -0.25) is 9.69 Å². The van der Waals surface area contributed by atoms with Gasteiger partial charge in [0.05, 0.1) is 13.2 Å². The highest BCUT2D eigenvalue weighted by Gasteiger charge is 2.22. The number of halogens is 2. The van der Waals surface area contributed by atoms with E-state index in [0.717, 1.165) is 50.9 Å². The molecule has 2 aliphatic rings. The first kappa shape index (κ1) is 27.6. The van der Waals surface area contributed by atoms with Gasteiger partial charge in [-0.25, -0.2) is 9.38 Å². The molecule has 2 heterocycles. The van der Waals surface area contributed by atoms with Crippen molar-refractivity contribution < 1.29 is 18.7 Å². The summed E-state index contributed by atoms with van der Waals surface area (Å²) >= 11 is 0. The highest BCUT2D eigenvalue weighted by Crippen LogP contribution is 2.20. The largest absolute Gasteiger partial charge is 0.494 e. The highest BCUT2D eigenvalue weighted by molar-refractivity contribution is 14.0. The molecule has 0 spiro atoms. The number of carbonyl (C=O) groups excluding carboxylic acids is 1. The molecule has 186 valence electrons. The molecule has 8 nitrogen and oxygen atoms in total. The van der Waals surface area contributed by atoms with Crippen molar-refractivity contribution in [1.29, 1.82) is 0 Å². The van der Waals surface area contributed by atoms with Gasteiger partial charge in [-0.2, -0.15) is 0 Å². The zero-order chi connectivity index (χ0) is 22.9. The summed E-state index contributed by atoms with van der Waals surface area (Å²) < 4.78 is 24.6. The summed E-state index contributed by atoms with van der Waals surface area (Å²) in [5, 5.41) is 6.84. The predicted molar refractivity (Wildman–Crippen MR) is 138 cm³/mol. The quantitative estimate of drug-likeness (QED) is 0.281. The van der Waals surface area contributed by atoms with Crippen molar-refractivity contribution >= 4 is 35.8 Å². The van der Waals surface area contributed by atoms with Gasteiger partial charge in [-0.15, -0.1) is 24.0 Å². The molecule has 0 bridgehead atoms. The molecule has 3 rings (SSSR count). The SMILES string of the molecule is COc1ccc(CN2CCC(NC(=NCC(=O)N(C)C)NCC3CCCO3)CC2)cc1F.I. The Labute approximate surface area is 213 Å². The van der Waals surface area contributed by atoms with Gasteiger partial charge < -0.3 is 25.0 Å². The second-order valence-corrected chi connectivity index (χ2v) is 8.63. The van der Waals surface area contributed by atoms with Crippen molar-refractivity contribution in [2.45, 2.75) is 44.4 Å². The Balaban J connectivity index is 0.00000385. The van der Waals surface area contributed by atoms with Crippen molar-refractivity contribution in [3.8, 4) is 5.75 Å². The molecule has 0 radical (unpaired) electrons. The van der Waals surface area contributed by atoms with Crippen LogP contribution in [0.2, 0.25) is 0 Å². The molecule has 1 aromatic rings. The van der Waals surface area contributed by atoms with Crippen LogP contribution in [0.1, 0.15) is 31.2 Å². The fraction of sp³-hybridized carbons (Fsp3) is 0.652. The normalized spacial score (nSPS) is 19.6. The smallest absolute Gasteiger partial charge is 0.243 e. The van der Waals surface area contributed by atoms with Crippen molar-refractivity contribution in [3.63, 3.8) is 0 Å². The van der Waals surface area contributed by atoms with Gasteiger partial charge >= 0.3 is 0 Å². The van der Waals surface area contributed by atoms with Gasteiger partial charge in [0.25, 0.3) is 0 Å². The molecule has 1 amide bonds. The highest BCUT2D eigenvalue weighted by atomic mass is 127. The van der Waals surface area contributed by atoms with Crippen LogP contribution in [0.5, 0.6) is 5.75 Å². The van der Waals surface area contributed by atoms with Crippen LogP contribution in [0.4, 0.5) is 4.39 Å². The van der Waals surface area contributed by atoms with Crippen LogP contribution in [-0.2, 0) is 16.1 Å². The Morgan fingerprint density at radius 2 is 2.06 bits per heavy atom. The number of likely N-dealkylation sites (tertiary alicyclic amines) is 1. The zero-order valence-electron chi connectivity index (χ0n) is 19.8. The number of benzene rings is 1. The molecule has 0 aliphatic carbocycles. The molecule has 10 heteroatoms. The summed E-state index contributed by atoms with van der Waals surface area (Å²) in [5.74, 6) is 0.565. The number of piperidine rings is 1. The van der Waals surface area contributed by atoms with E-state index < -0.39 is 0 Å². The lowest BCUT2D eigenvalue weighted by Crippen LogP contribution is -2.50. The van der Waals surface area contributed by atoms with E-state index in [9.17, 15) is 9.18 Å². The summed E-state index contributed by atoms with van der Waals surface area (Å²) in [6.07, 6.45) is 4.21. The Hall–Kier alpha value is -1.66. The number of nitrogens with zero attached hydrogens (tertiary/aromatic N) is 3. The third kappa shape index (κ3) is 8.90. The molecule has 33 heavy (non-hydrogen) atoms. The molecule has 0 saturated carbocycles. The number of likely N-dealkylation sites (N-methyl/N-ethyl adjacent to an activating group) is 1. The average Bonchev–Trinajstić information content (AvgIpc) is 3.30. The fourth-order valence-corrected chi connectivity index (χ4v) is 3.95. The Morgan fingerprint density at radius 3 is 2.67 bits per heavy atom. The first-order valence-electron chi connectivity index (χ1n) is 11.4.